The first-order valence-corrected chi connectivity index (χ1v) is 4.02. The van der Waals surface area contributed by atoms with E-state index in [1.54, 1.807) is 0 Å². The van der Waals surface area contributed by atoms with Crippen LogP contribution < -0.4 is 51.4 Å². The predicted octanol–water partition coefficient (Wildman–Crippen LogP) is -2.59. The van der Waals surface area contributed by atoms with Crippen LogP contribution in [0.3, 0.4) is 0 Å². The van der Waals surface area contributed by atoms with E-state index < -0.39 is 22.1 Å². The third-order valence-electron chi connectivity index (χ3n) is 0.491. The van der Waals surface area contributed by atoms with E-state index >= 15 is 0 Å². The summed E-state index contributed by atoms with van der Waals surface area (Å²) in [5.41, 5.74) is 0. The van der Waals surface area contributed by atoms with Gasteiger partial charge in [0.2, 0.25) is 0 Å². The monoisotopic (exact) mass is 229 g/mol. The third kappa shape index (κ3) is 7.49. The summed E-state index contributed by atoms with van der Waals surface area (Å²) in [4.78, 5) is 9.81. The molecule has 1 amide bonds. The van der Waals surface area contributed by atoms with E-state index in [0.29, 0.717) is 6.26 Å². The molecule has 0 rings (SSSR count). The van der Waals surface area contributed by atoms with Crippen molar-refractivity contribution in [1.29, 1.82) is 0 Å². The minimum Gasteiger partial charge on any atom is -0.538 e. The van der Waals surface area contributed by atoms with E-state index in [9.17, 15) is 26.4 Å². The molecular formula is C3H3F3KNO3S. The minimum atomic E-state index is -5.22. The topological polar surface area (TPSA) is 65.3 Å². The van der Waals surface area contributed by atoms with Gasteiger partial charge in [-0.1, -0.05) is 0 Å². The molecule has 4 nitrogen and oxygen atoms in total. The van der Waals surface area contributed by atoms with Crippen molar-refractivity contribution < 1.29 is 77.8 Å². The van der Waals surface area contributed by atoms with E-state index in [1.807, 2.05) is 4.72 Å². The molecule has 0 fully saturated rings. The molecule has 0 radical (unpaired) electrons. The number of hydrogen-bond acceptors (Lipinski definition) is 3. The molecule has 0 aliphatic heterocycles. The van der Waals surface area contributed by atoms with Crippen molar-refractivity contribution in [2.75, 3.05) is 6.26 Å². The second-order valence-corrected chi connectivity index (χ2v) is 3.28. The zero-order valence-electron chi connectivity index (χ0n) is 6.21. The summed E-state index contributed by atoms with van der Waals surface area (Å²) in [7, 11) is -4.25. The number of alkyl halides is 3. The van der Waals surface area contributed by atoms with E-state index in [2.05, 4.69) is 0 Å². The molecule has 0 unspecified atom stereocenters. The minimum absolute atomic E-state index is 0. The van der Waals surface area contributed by atoms with Crippen LogP contribution in [0.25, 0.3) is 4.72 Å². The Kier molecular flexibility index (Phi) is 6.27. The third-order valence-corrected chi connectivity index (χ3v) is 0.989. The first-order chi connectivity index (χ1) is 4.63. The van der Waals surface area contributed by atoms with Crippen LogP contribution in [-0.4, -0.2) is 26.8 Å². The second kappa shape index (κ2) is 4.91. The molecule has 0 aromatic rings. The Morgan fingerprint density at radius 1 is 1.33 bits per heavy atom. The van der Waals surface area contributed by atoms with Crippen LogP contribution in [-0.2, 0) is 14.8 Å². The van der Waals surface area contributed by atoms with Gasteiger partial charge in [0, 0.05) is 6.26 Å². The average molecular weight is 229 g/mol. The Morgan fingerprint density at radius 3 is 1.75 bits per heavy atom. The molecule has 0 atom stereocenters. The zero-order chi connectivity index (χ0) is 9.28. The van der Waals surface area contributed by atoms with Crippen LogP contribution in [0.1, 0.15) is 0 Å². The van der Waals surface area contributed by atoms with Gasteiger partial charge in [-0.2, -0.15) is 13.2 Å². The summed E-state index contributed by atoms with van der Waals surface area (Å²) in [5.74, 6) is -2.61. The number of sulfonamides is 1. The summed E-state index contributed by atoms with van der Waals surface area (Å²) in [6.45, 7) is 0. The molecular weight excluding hydrogens is 226 g/mol. The van der Waals surface area contributed by atoms with Crippen LogP contribution in [0.15, 0.2) is 0 Å². The Bertz CT molecular complexity index is 258. The summed E-state index contributed by atoms with van der Waals surface area (Å²) in [6.07, 6.45) is -4.82. The van der Waals surface area contributed by atoms with Crippen molar-refractivity contribution in [3.63, 3.8) is 0 Å². The molecule has 0 saturated carbocycles. The standard InChI is InChI=1S/C3H4F3NO3S.K/c1-11(9,10)7-2(8)3(4,5)6;/h1H3,(H,7,8);/q;+1/p-1. The summed E-state index contributed by atoms with van der Waals surface area (Å²) in [5, 5.41) is 0. The normalized spacial score (nSPS) is 11.7. The van der Waals surface area contributed by atoms with Gasteiger partial charge in [0.25, 0.3) is 0 Å². The number of hydrogen-bond donors (Lipinski definition) is 0. The maximum absolute atomic E-state index is 11.3. The van der Waals surface area contributed by atoms with Gasteiger partial charge in [-0.25, -0.2) is 8.42 Å². The van der Waals surface area contributed by atoms with Crippen molar-refractivity contribution in [1.82, 2.24) is 0 Å². The SMILES string of the molecule is CS(=O)(=O)[N-]C(=O)C(F)(F)F.[K+]. The molecule has 0 aromatic carbocycles. The Balaban J connectivity index is 0. The van der Waals surface area contributed by atoms with Crippen molar-refractivity contribution >= 4 is 15.9 Å². The van der Waals surface area contributed by atoms with Gasteiger partial charge < -0.3 is 9.52 Å². The number of carbonyl (C=O) groups excluding carboxylic acids is 1. The fourth-order valence-corrected chi connectivity index (χ4v) is 0.607. The van der Waals surface area contributed by atoms with Gasteiger partial charge in [-0.05, 0) is 0 Å². The van der Waals surface area contributed by atoms with Crippen LogP contribution in [0.5, 0.6) is 0 Å². The summed E-state index contributed by atoms with van der Waals surface area (Å²) in [6, 6.07) is 0. The fraction of sp³-hybridized carbons (Fsp3) is 0.667. The van der Waals surface area contributed by atoms with Gasteiger partial charge in [-0.15, -0.1) is 0 Å². The zero-order valence-corrected chi connectivity index (χ0v) is 10.2. The maximum Gasteiger partial charge on any atom is 1.00 e. The molecule has 12 heavy (non-hydrogen) atoms. The quantitative estimate of drug-likeness (QED) is 0.464. The average Bonchev–Trinajstić information content (AvgIpc) is 1.56. The number of nitrogens with zero attached hydrogens (tertiary/aromatic N) is 1. The Labute approximate surface area is 109 Å². The van der Waals surface area contributed by atoms with Crippen LogP contribution in [0, 0.1) is 0 Å². The number of halogens is 3. The smallest absolute Gasteiger partial charge is 0.538 e. The fourth-order valence-electron chi connectivity index (χ4n) is 0.202. The largest absolute Gasteiger partial charge is 1.00 e. The Hall–Kier alpha value is 0.846. The van der Waals surface area contributed by atoms with Crippen molar-refractivity contribution in [3.8, 4) is 0 Å². The first kappa shape index (κ1) is 15.3. The van der Waals surface area contributed by atoms with Gasteiger partial charge in [0.1, 0.15) is 0 Å². The molecule has 0 heterocycles. The van der Waals surface area contributed by atoms with Crippen molar-refractivity contribution in [3.05, 3.63) is 4.72 Å². The number of amides is 1. The first-order valence-electron chi connectivity index (χ1n) is 2.17. The molecule has 0 bridgehead atoms. The van der Waals surface area contributed by atoms with Gasteiger partial charge >= 0.3 is 57.6 Å². The molecule has 0 saturated heterocycles. The van der Waals surface area contributed by atoms with Crippen LogP contribution in [0.4, 0.5) is 13.2 Å². The molecule has 66 valence electrons. The molecule has 0 spiro atoms. The molecule has 0 aliphatic carbocycles. The van der Waals surface area contributed by atoms with Gasteiger partial charge in [0.15, 0.2) is 5.91 Å². The van der Waals surface area contributed by atoms with E-state index in [0.717, 1.165) is 0 Å². The van der Waals surface area contributed by atoms with Crippen LogP contribution >= 0.6 is 0 Å². The summed E-state index contributed by atoms with van der Waals surface area (Å²) >= 11 is 0. The molecule has 0 aliphatic rings. The summed E-state index contributed by atoms with van der Waals surface area (Å²) < 4.78 is 55.7. The molecule has 0 aromatic heterocycles. The van der Waals surface area contributed by atoms with Crippen LogP contribution in [0.2, 0.25) is 0 Å². The van der Waals surface area contributed by atoms with Gasteiger partial charge in [0.05, 0.1) is 10.0 Å². The second-order valence-electron chi connectivity index (χ2n) is 1.63. The van der Waals surface area contributed by atoms with Crippen molar-refractivity contribution in [2.24, 2.45) is 0 Å². The molecule has 9 heteroatoms. The molecule has 0 N–H and O–H groups in total. The number of rotatable bonds is 1. The van der Waals surface area contributed by atoms with Crippen molar-refractivity contribution in [2.45, 2.75) is 6.18 Å². The predicted molar refractivity (Wildman–Crippen MR) is 29.3 cm³/mol. The number of carbonyl (C=O) groups is 1. The van der Waals surface area contributed by atoms with E-state index in [-0.39, 0.29) is 51.4 Å². The Morgan fingerprint density at radius 2 is 1.67 bits per heavy atom. The maximum atomic E-state index is 11.3. The van der Waals surface area contributed by atoms with E-state index in [1.165, 1.54) is 0 Å². The van der Waals surface area contributed by atoms with E-state index in [4.69, 9.17) is 0 Å². The van der Waals surface area contributed by atoms with Gasteiger partial charge in [-0.3, -0.25) is 0 Å².